The van der Waals surface area contributed by atoms with Gasteiger partial charge in [-0.1, -0.05) is 23.4 Å². The van der Waals surface area contributed by atoms with Crippen LogP contribution in [0, 0.1) is 19.3 Å². The Balaban J connectivity index is 3.18. The second kappa shape index (κ2) is 4.32. The van der Waals surface area contributed by atoms with E-state index in [1.54, 1.807) is 0 Å². The molecule has 1 aromatic carbocycles. The number of benzene rings is 1. The molecule has 0 bridgehead atoms. The van der Waals surface area contributed by atoms with Gasteiger partial charge in [-0.2, -0.15) is 0 Å². The Morgan fingerprint density at radius 1 is 1.62 bits per heavy atom. The molecule has 0 aliphatic heterocycles. The third kappa shape index (κ3) is 2.09. The first-order valence-corrected chi connectivity index (χ1v) is 3.99. The molecule has 0 saturated heterocycles. The topological polar surface area (TPSA) is 32.6 Å². The molecular formula is C11H11NO. The molecule has 66 valence electrons. The lowest BCUT2D eigenvalue weighted by Gasteiger charge is -2.04. The molecule has 13 heavy (non-hydrogen) atoms. The Labute approximate surface area is 77.9 Å². The first kappa shape index (κ1) is 9.34. The van der Waals surface area contributed by atoms with E-state index in [4.69, 9.17) is 11.6 Å². The monoisotopic (exact) mass is 173 g/mol. The molecule has 0 aliphatic rings. The Kier molecular flexibility index (Phi) is 3.10. The summed E-state index contributed by atoms with van der Waals surface area (Å²) in [4.78, 5) is 0. The van der Waals surface area contributed by atoms with Gasteiger partial charge in [-0.05, 0) is 18.1 Å². The van der Waals surface area contributed by atoms with Gasteiger partial charge in [0.2, 0.25) is 0 Å². The molecular weight excluding hydrogens is 162 g/mol. The first-order valence-electron chi connectivity index (χ1n) is 3.99. The molecule has 2 heteroatoms. The van der Waals surface area contributed by atoms with E-state index in [0.29, 0.717) is 6.42 Å². The standard InChI is InChI=1S/C11H11NO/c1-3-5-10-7-4-6-9(2)11(10)8-12-13/h1,4,6-8,13H,5H2,2H3/b12-8-. The highest BCUT2D eigenvalue weighted by molar-refractivity contribution is 5.83. The lowest BCUT2D eigenvalue weighted by molar-refractivity contribution is 0.322. The SMILES string of the molecule is C#CCc1cccc(C)c1/C=N\O. The largest absolute Gasteiger partial charge is 0.411 e. The van der Waals surface area contributed by atoms with Crippen LogP contribution in [-0.2, 0) is 6.42 Å². The van der Waals surface area contributed by atoms with Crippen molar-refractivity contribution in [2.24, 2.45) is 5.16 Å². The highest BCUT2D eigenvalue weighted by Crippen LogP contribution is 2.12. The summed E-state index contributed by atoms with van der Waals surface area (Å²) in [7, 11) is 0. The Morgan fingerprint density at radius 3 is 3.00 bits per heavy atom. The van der Waals surface area contributed by atoms with Gasteiger partial charge in [0.15, 0.2) is 0 Å². The molecule has 0 amide bonds. The molecule has 0 unspecified atom stereocenters. The Bertz CT molecular complexity index is 361. The highest BCUT2D eigenvalue weighted by atomic mass is 16.4. The smallest absolute Gasteiger partial charge is 0.0739 e. The summed E-state index contributed by atoms with van der Waals surface area (Å²) in [6.07, 6.45) is 7.20. The van der Waals surface area contributed by atoms with E-state index < -0.39 is 0 Å². The predicted molar refractivity (Wildman–Crippen MR) is 53.1 cm³/mol. The van der Waals surface area contributed by atoms with Gasteiger partial charge in [0.05, 0.1) is 6.21 Å². The van der Waals surface area contributed by atoms with Gasteiger partial charge in [-0.15, -0.1) is 12.3 Å². The Hall–Kier alpha value is -1.75. The van der Waals surface area contributed by atoms with Gasteiger partial charge in [-0.3, -0.25) is 0 Å². The fraction of sp³-hybridized carbons (Fsp3) is 0.182. The van der Waals surface area contributed by atoms with Gasteiger partial charge in [0.1, 0.15) is 0 Å². The number of terminal acetylenes is 1. The van der Waals surface area contributed by atoms with Gasteiger partial charge < -0.3 is 5.21 Å². The predicted octanol–water partition coefficient (Wildman–Crippen LogP) is 1.98. The van der Waals surface area contributed by atoms with Crippen molar-refractivity contribution in [1.29, 1.82) is 0 Å². The number of nitrogens with zero attached hydrogens (tertiary/aromatic N) is 1. The van der Waals surface area contributed by atoms with E-state index in [2.05, 4.69) is 11.1 Å². The minimum atomic E-state index is 0.559. The van der Waals surface area contributed by atoms with Gasteiger partial charge in [0.25, 0.3) is 0 Å². The third-order valence-corrected chi connectivity index (χ3v) is 1.89. The summed E-state index contributed by atoms with van der Waals surface area (Å²) in [5.41, 5.74) is 2.98. The second-order valence-corrected chi connectivity index (χ2v) is 2.77. The molecule has 0 atom stereocenters. The molecule has 0 fully saturated rings. The van der Waals surface area contributed by atoms with E-state index in [1.807, 2.05) is 25.1 Å². The van der Waals surface area contributed by atoms with Crippen molar-refractivity contribution in [3.05, 3.63) is 34.9 Å². The molecule has 0 radical (unpaired) electrons. The molecule has 1 N–H and O–H groups in total. The Morgan fingerprint density at radius 2 is 2.38 bits per heavy atom. The minimum Gasteiger partial charge on any atom is -0.411 e. The van der Waals surface area contributed by atoms with Crippen LogP contribution in [0.4, 0.5) is 0 Å². The zero-order valence-corrected chi connectivity index (χ0v) is 7.49. The van der Waals surface area contributed by atoms with Crippen LogP contribution in [0.25, 0.3) is 0 Å². The zero-order chi connectivity index (χ0) is 9.68. The van der Waals surface area contributed by atoms with Crippen molar-refractivity contribution in [3.8, 4) is 12.3 Å². The minimum absolute atomic E-state index is 0.559. The van der Waals surface area contributed by atoms with Crippen LogP contribution in [0.3, 0.4) is 0 Å². The van der Waals surface area contributed by atoms with Gasteiger partial charge in [0, 0.05) is 12.0 Å². The maximum Gasteiger partial charge on any atom is 0.0739 e. The quantitative estimate of drug-likeness (QED) is 0.315. The van der Waals surface area contributed by atoms with Crippen LogP contribution in [0.5, 0.6) is 0 Å². The maximum atomic E-state index is 8.45. The lowest BCUT2D eigenvalue weighted by atomic mass is 10.0. The van der Waals surface area contributed by atoms with E-state index in [9.17, 15) is 0 Å². The average Bonchev–Trinajstić information content (AvgIpc) is 2.11. The summed E-state index contributed by atoms with van der Waals surface area (Å²) in [5, 5.41) is 11.5. The molecule has 1 rings (SSSR count). The van der Waals surface area contributed by atoms with Gasteiger partial charge in [-0.25, -0.2) is 0 Å². The summed E-state index contributed by atoms with van der Waals surface area (Å²) in [6.45, 7) is 1.96. The van der Waals surface area contributed by atoms with Crippen LogP contribution in [0.15, 0.2) is 23.4 Å². The zero-order valence-electron chi connectivity index (χ0n) is 7.49. The molecule has 0 spiro atoms. The first-order chi connectivity index (χ1) is 6.29. The van der Waals surface area contributed by atoms with Crippen LogP contribution >= 0.6 is 0 Å². The molecule has 1 aromatic rings. The van der Waals surface area contributed by atoms with Crippen molar-refractivity contribution in [2.75, 3.05) is 0 Å². The van der Waals surface area contributed by atoms with Crippen molar-refractivity contribution in [1.82, 2.24) is 0 Å². The van der Waals surface area contributed by atoms with E-state index in [0.717, 1.165) is 16.7 Å². The number of rotatable bonds is 2. The second-order valence-electron chi connectivity index (χ2n) is 2.77. The van der Waals surface area contributed by atoms with Crippen LogP contribution in [0.1, 0.15) is 16.7 Å². The van der Waals surface area contributed by atoms with Crippen molar-refractivity contribution in [2.45, 2.75) is 13.3 Å². The van der Waals surface area contributed by atoms with Crippen molar-refractivity contribution < 1.29 is 5.21 Å². The summed E-state index contributed by atoms with van der Waals surface area (Å²) in [5.74, 6) is 2.57. The fourth-order valence-electron chi connectivity index (χ4n) is 1.25. The number of hydrogen-bond acceptors (Lipinski definition) is 2. The van der Waals surface area contributed by atoms with E-state index in [-0.39, 0.29) is 0 Å². The number of hydrogen-bond donors (Lipinski definition) is 1. The molecule has 0 aromatic heterocycles. The van der Waals surface area contributed by atoms with Crippen molar-refractivity contribution in [3.63, 3.8) is 0 Å². The summed E-state index contributed by atoms with van der Waals surface area (Å²) < 4.78 is 0. The number of aryl methyl sites for hydroxylation is 1. The maximum absolute atomic E-state index is 8.45. The van der Waals surface area contributed by atoms with Gasteiger partial charge >= 0.3 is 0 Å². The van der Waals surface area contributed by atoms with E-state index >= 15 is 0 Å². The average molecular weight is 173 g/mol. The fourth-order valence-corrected chi connectivity index (χ4v) is 1.25. The molecule has 0 aliphatic carbocycles. The summed E-state index contributed by atoms with van der Waals surface area (Å²) in [6, 6.07) is 5.83. The third-order valence-electron chi connectivity index (χ3n) is 1.89. The molecule has 0 saturated carbocycles. The number of oxime groups is 1. The normalized spacial score (nSPS) is 10.2. The molecule has 0 heterocycles. The lowest BCUT2D eigenvalue weighted by Crippen LogP contribution is -1.95. The van der Waals surface area contributed by atoms with Crippen LogP contribution in [-0.4, -0.2) is 11.4 Å². The highest BCUT2D eigenvalue weighted by Gasteiger charge is 2.01. The van der Waals surface area contributed by atoms with Crippen LogP contribution < -0.4 is 0 Å². The van der Waals surface area contributed by atoms with E-state index in [1.165, 1.54) is 6.21 Å². The van der Waals surface area contributed by atoms with Crippen molar-refractivity contribution >= 4 is 6.21 Å². The van der Waals surface area contributed by atoms with Crippen LogP contribution in [0.2, 0.25) is 0 Å². The summed E-state index contributed by atoms with van der Waals surface area (Å²) >= 11 is 0. The molecule has 2 nitrogen and oxygen atoms in total.